The Hall–Kier alpha value is -1.52. The number of nitrogens with two attached hydrogens (primary N) is 1. The lowest BCUT2D eigenvalue weighted by molar-refractivity contribution is -0.00000450. The molecule has 4 nitrogen and oxygen atoms in total. The Morgan fingerprint density at radius 1 is 1.40 bits per heavy atom. The lowest BCUT2D eigenvalue weighted by Gasteiger charge is -2.12. The number of rotatable bonds is 6. The molecule has 0 aliphatic rings. The van der Waals surface area contributed by atoms with Crippen LogP contribution in [0.1, 0.15) is 19.8 Å². The topological polar surface area (TPSA) is 60.2 Å². The molecule has 20 heavy (non-hydrogen) atoms. The minimum absolute atomic E-state index is 0. The predicted octanol–water partition coefficient (Wildman–Crippen LogP) is -0.213. The first-order chi connectivity index (χ1) is 9.20. The van der Waals surface area contributed by atoms with Crippen LogP contribution in [-0.4, -0.2) is 24.7 Å². The first-order valence-electron chi connectivity index (χ1n) is 6.63. The molecule has 0 bridgehead atoms. The molecule has 2 rings (SSSR count). The fraction of sp³-hybridized carbons (Fsp3) is 0.400. The molecule has 0 saturated heterocycles. The van der Waals surface area contributed by atoms with Gasteiger partial charge in [0.05, 0.1) is 18.3 Å². The fourth-order valence-corrected chi connectivity index (χ4v) is 2.06. The van der Waals surface area contributed by atoms with E-state index in [4.69, 9.17) is 10.5 Å². The van der Waals surface area contributed by atoms with Gasteiger partial charge in [-0.25, -0.2) is 0 Å². The third kappa shape index (κ3) is 4.25. The molecule has 3 N–H and O–H groups in total. The quantitative estimate of drug-likeness (QED) is 0.724. The number of nitrogens with one attached hydrogen (secondary N) is 1. The van der Waals surface area contributed by atoms with E-state index in [0.717, 1.165) is 41.7 Å². The van der Waals surface area contributed by atoms with Gasteiger partial charge in [-0.1, -0.05) is 6.07 Å². The summed E-state index contributed by atoms with van der Waals surface area (Å²) in [5, 5.41) is 4.50. The summed E-state index contributed by atoms with van der Waals surface area (Å²) in [6.45, 7) is 2.92. The molecule has 0 aliphatic carbocycles. The van der Waals surface area contributed by atoms with Gasteiger partial charge in [-0.2, -0.15) is 0 Å². The molecule has 0 saturated carbocycles. The maximum atomic E-state index is 5.75. The van der Waals surface area contributed by atoms with Crippen molar-refractivity contribution in [1.29, 1.82) is 0 Å². The van der Waals surface area contributed by atoms with Crippen LogP contribution in [0.4, 0.5) is 5.69 Å². The number of hydrogen-bond donors (Lipinski definition) is 2. The molecule has 110 valence electrons. The standard InChI is InChI=1S/C15H21N3O.ClH/c1-11(16)5-3-7-17-14-10-13(19-2)9-12-6-4-8-18-15(12)14;/h4,6,8-11,17H,3,5,7,16H2,1-2H3;1H/p-1. The van der Waals surface area contributed by atoms with Crippen molar-refractivity contribution in [3.05, 3.63) is 30.5 Å². The Morgan fingerprint density at radius 3 is 2.90 bits per heavy atom. The zero-order chi connectivity index (χ0) is 13.7. The maximum Gasteiger partial charge on any atom is 0.121 e. The zero-order valence-electron chi connectivity index (χ0n) is 11.9. The van der Waals surface area contributed by atoms with Gasteiger partial charge < -0.3 is 28.2 Å². The monoisotopic (exact) mass is 294 g/mol. The number of nitrogens with zero attached hydrogens (tertiary/aromatic N) is 1. The second kappa shape index (κ2) is 7.92. The van der Waals surface area contributed by atoms with Crippen LogP contribution < -0.4 is 28.2 Å². The van der Waals surface area contributed by atoms with E-state index in [0.29, 0.717) is 0 Å². The van der Waals surface area contributed by atoms with E-state index in [2.05, 4.69) is 10.3 Å². The first-order valence-corrected chi connectivity index (χ1v) is 6.63. The van der Waals surface area contributed by atoms with Crippen LogP contribution in [0.3, 0.4) is 0 Å². The smallest absolute Gasteiger partial charge is 0.121 e. The first kappa shape index (κ1) is 16.5. The maximum absolute atomic E-state index is 5.75. The van der Waals surface area contributed by atoms with Gasteiger partial charge in [-0.3, -0.25) is 4.98 Å². The van der Waals surface area contributed by atoms with E-state index in [9.17, 15) is 0 Å². The van der Waals surface area contributed by atoms with E-state index < -0.39 is 0 Å². The number of methoxy groups -OCH3 is 1. The van der Waals surface area contributed by atoms with Gasteiger partial charge >= 0.3 is 0 Å². The van der Waals surface area contributed by atoms with Crippen molar-refractivity contribution in [2.24, 2.45) is 5.73 Å². The summed E-state index contributed by atoms with van der Waals surface area (Å²) in [5.41, 5.74) is 7.74. The Labute approximate surface area is 126 Å². The molecule has 0 amide bonds. The van der Waals surface area contributed by atoms with Gasteiger partial charge in [-0.15, -0.1) is 0 Å². The van der Waals surface area contributed by atoms with Crippen molar-refractivity contribution in [1.82, 2.24) is 4.98 Å². The minimum Gasteiger partial charge on any atom is -1.00 e. The molecule has 0 radical (unpaired) electrons. The summed E-state index contributed by atoms with van der Waals surface area (Å²) in [6.07, 6.45) is 3.87. The Balaban J connectivity index is 0.00000200. The van der Waals surface area contributed by atoms with E-state index in [-0.39, 0.29) is 18.4 Å². The fourth-order valence-electron chi connectivity index (χ4n) is 2.06. The van der Waals surface area contributed by atoms with Crippen molar-refractivity contribution in [3.63, 3.8) is 0 Å². The summed E-state index contributed by atoms with van der Waals surface area (Å²) in [5.74, 6) is 0.843. The van der Waals surface area contributed by atoms with E-state index in [1.54, 1.807) is 7.11 Å². The molecular formula is C15H21ClN3O-. The SMILES string of the molecule is COc1cc(NCCCC(C)N)c2ncccc2c1.[Cl-]. The summed E-state index contributed by atoms with van der Waals surface area (Å²) in [6, 6.07) is 8.21. The Bertz CT molecular complexity index is 546. The van der Waals surface area contributed by atoms with Crippen LogP contribution in [0.5, 0.6) is 5.75 Å². The molecule has 0 fully saturated rings. The van der Waals surface area contributed by atoms with Gasteiger partial charge in [-0.05, 0) is 31.9 Å². The number of halogens is 1. The normalized spacial score (nSPS) is 11.8. The number of aromatic nitrogens is 1. The summed E-state index contributed by atoms with van der Waals surface area (Å²) < 4.78 is 5.32. The van der Waals surface area contributed by atoms with Gasteiger partial charge in [0.1, 0.15) is 5.75 Å². The number of anilines is 1. The van der Waals surface area contributed by atoms with Gasteiger partial charge in [0, 0.05) is 30.2 Å². The second-order valence-electron chi connectivity index (χ2n) is 4.80. The van der Waals surface area contributed by atoms with Crippen LogP contribution in [0.25, 0.3) is 10.9 Å². The van der Waals surface area contributed by atoms with Crippen LogP contribution >= 0.6 is 0 Å². The average Bonchev–Trinajstić information content (AvgIpc) is 2.42. The lowest BCUT2D eigenvalue weighted by atomic mass is 10.1. The van der Waals surface area contributed by atoms with Crippen molar-refractivity contribution < 1.29 is 17.1 Å². The van der Waals surface area contributed by atoms with Crippen LogP contribution in [0.15, 0.2) is 30.5 Å². The molecule has 0 aliphatic heterocycles. The highest BCUT2D eigenvalue weighted by molar-refractivity contribution is 5.91. The Kier molecular flexibility index (Phi) is 6.55. The van der Waals surface area contributed by atoms with E-state index in [1.807, 2.05) is 37.4 Å². The number of hydrogen-bond acceptors (Lipinski definition) is 4. The van der Waals surface area contributed by atoms with Crippen LogP contribution in [0.2, 0.25) is 0 Å². The molecule has 0 spiro atoms. The molecule has 1 unspecified atom stereocenters. The molecule has 1 atom stereocenters. The van der Waals surface area contributed by atoms with E-state index >= 15 is 0 Å². The molecule has 2 aromatic rings. The van der Waals surface area contributed by atoms with Gasteiger partial charge in [0.2, 0.25) is 0 Å². The lowest BCUT2D eigenvalue weighted by Crippen LogP contribution is -3.00. The highest BCUT2D eigenvalue weighted by atomic mass is 35.5. The number of pyridine rings is 1. The molecule has 1 aromatic carbocycles. The highest BCUT2D eigenvalue weighted by Crippen LogP contribution is 2.27. The molecule has 5 heteroatoms. The highest BCUT2D eigenvalue weighted by Gasteiger charge is 2.05. The van der Waals surface area contributed by atoms with Crippen LogP contribution in [0, 0.1) is 0 Å². The molecule has 1 heterocycles. The zero-order valence-corrected chi connectivity index (χ0v) is 12.7. The largest absolute Gasteiger partial charge is 1.00 e. The second-order valence-corrected chi connectivity index (χ2v) is 4.80. The summed E-state index contributed by atoms with van der Waals surface area (Å²) in [4.78, 5) is 4.43. The third-order valence-electron chi connectivity index (χ3n) is 3.07. The van der Waals surface area contributed by atoms with E-state index in [1.165, 1.54) is 0 Å². The number of fused-ring (bicyclic) bond motifs is 1. The van der Waals surface area contributed by atoms with Crippen molar-refractivity contribution in [3.8, 4) is 5.75 Å². The number of benzene rings is 1. The minimum atomic E-state index is 0. The molecular weight excluding hydrogens is 274 g/mol. The summed E-state index contributed by atoms with van der Waals surface area (Å²) >= 11 is 0. The van der Waals surface area contributed by atoms with Gasteiger partial charge in [0.15, 0.2) is 0 Å². The third-order valence-corrected chi connectivity index (χ3v) is 3.07. The number of ether oxygens (including phenoxy) is 1. The van der Waals surface area contributed by atoms with Gasteiger partial charge in [0.25, 0.3) is 0 Å². The summed E-state index contributed by atoms with van der Waals surface area (Å²) in [7, 11) is 1.68. The molecule has 1 aromatic heterocycles. The van der Waals surface area contributed by atoms with Crippen molar-refractivity contribution in [2.45, 2.75) is 25.8 Å². The van der Waals surface area contributed by atoms with Crippen molar-refractivity contribution >= 4 is 16.6 Å². The predicted molar refractivity (Wildman–Crippen MR) is 79.7 cm³/mol. The van der Waals surface area contributed by atoms with Crippen molar-refractivity contribution in [2.75, 3.05) is 19.0 Å². The van der Waals surface area contributed by atoms with Crippen LogP contribution in [-0.2, 0) is 0 Å². The Morgan fingerprint density at radius 2 is 2.20 bits per heavy atom. The average molecular weight is 295 g/mol.